The van der Waals surface area contributed by atoms with Crippen molar-refractivity contribution < 1.29 is 4.79 Å². The summed E-state index contributed by atoms with van der Waals surface area (Å²) in [4.78, 5) is 18.8. The first kappa shape index (κ1) is 17.4. The molecular formula is C19H22IN3O. The fraction of sp³-hybridized carbons (Fsp3) is 0.526. The quantitative estimate of drug-likeness (QED) is 0.408. The zero-order valence-electron chi connectivity index (χ0n) is 14.2. The fourth-order valence-electron chi connectivity index (χ4n) is 3.50. The molecule has 4 nitrogen and oxygen atoms in total. The van der Waals surface area contributed by atoms with Crippen molar-refractivity contribution in [1.29, 1.82) is 5.26 Å². The summed E-state index contributed by atoms with van der Waals surface area (Å²) in [7, 11) is 0. The summed E-state index contributed by atoms with van der Waals surface area (Å²) in [6, 6.07) is 4.20. The third-order valence-electron chi connectivity index (χ3n) is 5.33. The van der Waals surface area contributed by atoms with E-state index < -0.39 is 0 Å². The molecule has 2 aliphatic rings. The molecule has 0 amide bonds. The Morgan fingerprint density at radius 3 is 2.54 bits per heavy atom. The molecular weight excluding hydrogens is 413 g/mol. The van der Waals surface area contributed by atoms with Gasteiger partial charge in [0, 0.05) is 34.1 Å². The molecule has 0 radical (unpaired) electrons. The van der Waals surface area contributed by atoms with Gasteiger partial charge in [-0.25, -0.2) is 0 Å². The van der Waals surface area contributed by atoms with Gasteiger partial charge in [-0.05, 0) is 73.1 Å². The molecule has 0 atom stereocenters. The molecule has 0 unspecified atom stereocenters. The van der Waals surface area contributed by atoms with Crippen LogP contribution in [0.25, 0.3) is 5.70 Å². The van der Waals surface area contributed by atoms with Crippen LogP contribution in [0.1, 0.15) is 50.8 Å². The number of Topliss-reactive ketones (excluding diaryl/α,β-unsaturated/α-hetero) is 1. The monoisotopic (exact) mass is 435 g/mol. The number of hydrogen-bond acceptors (Lipinski definition) is 4. The molecule has 24 heavy (non-hydrogen) atoms. The van der Waals surface area contributed by atoms with Gasteiger partial charge in [0.25, 0.3) is 0 Å². The summed E-state index contributed by atoms with van der Waals surface area (Å²) in [5.74, 6) is -0.162. The first-order chi connectivity index (χ1) is 11.5. The van der Waals surface area contributed by atoms with Gasteiger partial charge in [0.05, 0.1) is 5.70 Å². The highest BCUT2D eigenvalue weighted by Crippen LogP contribution is 2.54. The summed E-state index contributed by atoms with van der Waals surface area (Å²) in [5.41, 5.74) is 3.60. The summed E-state index contributed by atoms with van der Waals surface area (Å²) in [6.45, 7) is 5.40. The minimum absolute atomic E-state index is 0.162. The number of halogens is 1. The van der Waals surface area contributed by atoms with Crippen molar-refractivity contribution in [2.75, 3.05) is 13.1 Å². The Kier molecular flexibility index (Phi) is 4.95. The predicted octanol–water partition coefficient (Wildman–Crippen LogP) is 3.95. The number of nitriles is 1. The van der Waals surface area contributed by atoms with E-state index in [2.05, 4.69) is 45.5 Å². The van der Waals surface area contributed by atoms with E-state index in [4.69, 9.17) is 0 Å². The maximum Gasteiger partial charge on any atom is 0.172 e. The molecule has 0 bridgehead atoms. The van der Waals surface area contributed by atoms with Crippen molar-refractivity contribution in [3.63, 3.8) is 0 Å². The molecule has 1 saturated heterocycles. The van der Waals surface area contributed by atoms with E-state index in [1.807, 2.05) is 12.3 Å². The average molecular weight is 435 g/mol. The Morgan fingerprint density at radius 1 is 1.38 bits per heavy atom. The number of likely N-dealkylation sites (tertiary alicyclic amines) is 1. The SMILES string of the molecule is CCc1cc(/C(=C(/C#N)C(C)=O)N2CCC3(CC2)CC3)c(I)cn1. The van der Waals surface area contributed by atoms with Gasteiger partial charge in [-0.2, -0.15) is 5.26 Å². The molecule has 2 heterocycles. The number of piperidine rings is 1. The summed E-state index contributed by atoms with van der Waals surface area (Å²) < 4.78 is 0.987. The first-order valence-electron chi connectivity index (χ1n) is 8.55. The molecule has 0 aromatic carbocycles. The van der Waals surface area contributed by atoms with Crippen LogP contribution in [0.2, 0.25) is 0 Å². The molecule has 1 aromatic heterocycles. The van der Waals surface area contributed by atoms with Crippen LogP contribution in [-0.4, -0.2) is 28.8 Å². The summed E-state index contributed by atoms with van der Waals surface area (Å²) in [6.07, 6.45) is 7.68. The zero-order valence-corrected chi connectivity index (χ0v) is 16.4. The first-order valence-corrected chi connectivity index (χ1v) is 9.62. The lowest BCUT2D eigenvalue weighted by atomic mass is 9.91. The van der Waals surface area contributed by atoms with Gasteiger partial charge < -0.3 is 4.90 Å². The Labute approximate surface area is 157 Å². The second kappa shape index (κ2) is 6.83. The van der Waals surface area contributed by atoms with Crippen molar-refractivity contribution in [2.24, 2.45) is 5.41 Å². The third-order valence-corrected chi connectivity index (χ3v) is 6.19. The predicted molar refractivity (Wildman–Crippen MR) is 102 cm³/mol. The van der Waals surface area contributed by atoms with Gasteiger partial charge in [0.15, 0.2) is 5.78 Å². The van der Waals surface area contributed by atoms with Gasteiger partial charge in [0.2, 0.25) is 0 Å². The number of nitrogens with zero attached hydrogens (tertiary/aromatic N) is 3. The topological polar surface area (TPSA) is 57.0 Å². The van der Waals surface area contributed by atoms with Gasteiger partial charge >= 0.3 is 0 Å². The van der Waals surface area contributed by atoms with E-state index in [1.165, 1.54) is 19.8 Å². The minimum Gasteiger partial charge on any atom is -0.370 e. The number of allylic oxidation sites excluding steroid dienone is 1. The van der Waals surface area contributed by atoms with Crippen molar-refractivity contribution in [1.82, 2.24) is 9.88 Å². The van der Waals surface area contributed by atoms with Crippen molar-refractivity contribution >= 4 is 34.1 Å². The number of aryl methyl sites for hydroxylation is 1. The van der Waals surface area contributed by atoms with E-state index in [0.29, 0.717) is 5.41 Å². The van der Waals surface area contributed by atoms with E-state index in [9.17, 15) is 10.1 Å². The number of carbonyl (C=O) groups excluding carboxylic acids is 1. The highest BCUT2D eigenvalue weighted by atomic mass is 127. The lowest BCUT2D eigenvalue weighted by Crippen LogP contribution is -2.34. The van der Waals surface area contributed by atoms with Crippen LogP contribution in [0.3, 0.4) is 0 Å². The molecule has 3 rings (SSSR count). The molecule has 1 aromatic rings. The standard InChI is InChI=1S/C19H22IN3O/c1-3-14-10-15(17(20)12-22-14)18(16(11-21)13(2)24)23-8-6-19(4-5-19)7-9-23/h10,12H,3-9H2,1-2H3/b18-16+. The van der Waals surface area contributed by atoms with Crippen LogP contribution in [0, 0.1) is 20.3 Å². The number of rotatable bonds is 4. The number of carbonyl (C=O) groups is 1. The highest BCUT2D eigenvalue weighted by molar-refractivity contribution is 14.1. The molecule has 5 heteroatoms. The molecule has 1 spiro atoms. The van der Waals surface area contributed by atoms with Gasteiger partial charge in [-0.3, -0.25) is 9.78 Å². The summed E-state index contributed by atoms with van der Waals surface area (Å²) in [5, 5.41) is 9.62. The largest absolute Gasteiger partial charge is 0.370 e. The molecule has 1 aliphatic heterocycles. The normalized spacial score (nSPS) is 19.7. The number of aromatic nitrogens is 1. The van der Waals surface area contributed by atoms with Crippen molar-refractivity contribution in [3.05, 3.63) is 32.7 Å². The smallest absolute Gasteiger partial charge is 0.172 e. The van der Waals surface area contributed by atoms with Gasteiger partial charge in [-0.1, -0.05) is 6.92 Å². The van der Waals surface area contributed by atoms with Crippen molar-refractivity contribution in [3.8, 4) is 6.07 Å². The van der Waals surface area contributed by atoms with E-state index in [1.54, 1.807) is 0 Å². The summed E-state index contributed by atoms with van der Waals surface area (Å²) >= 11 is 2.25. The van der Waals surface area contributed by atoms with Gasteiger partial charge in [0.1, 0.15) is 11.6 Å². The van der Waals surface area contributed by atoms with Gasteiger partial charge in [-0.15, -0.1) is 0 Å². The Bertz CT molecular complexity index is 733. The zero-order chi connectivity index (χ0) is 17.3. The molecule has 1 aliphatic carbocycles. The second-order valence-electron chi connectivity index (χ2n) is 6.89. The number of ketones is 1. The van der Waals surface area contributed by atoms with Crippen LogP contribution < -0.4 is 0 Å². The Balaban J connectivity index is 2.06. The van der Waals surface area contributed by atoms with Crippen molar-refractivity contribution in [2.45, 2.75) is 46.0 Å². The van der Waals surface area contributed by atoms with E-state index in [-0.39, 0.29) is 11.4 Å². The van der Waals surface area contributed by atoms with Crippen LogP contribution in [0.15, 0.2) is 17.8 Å². The van der Waals surface area contributed by atoms with Crippen LogP contribution in [-0.2, 0) is 11.2 Å². The number of hydrogen-bond donors (Lipinski definition) is 0. The lowest BCUT2D eigenvalue weighted by Gasteiger charge is -2.36. The number of pyridine rings is 1. The van der Waals surface area contributed by atoms with Crippen LogP contribution in [0.5, 0.6) is 0 Å². The fourth-order valence-corrected chi connectivity index (χ4v) is 4.05. The molecule has 1 saturated carbocycles. The van der Waals surface area contributed by atoms with E-state index >= 15 is 0 Å². The second-order valence-corrected chi connectivity index (χ2v) is 8.05. The van der Waals surface area contributed by atoms with E-state index in [0.717, 1.165) is 52.9 Å². The Morgan fingerprint density at radius 2 is 2.04 bits per heavy atom. The maximum absolute atomic E-state index is 12.1. The average Bonchev–Trinajstić information content (AvgIpc) is 3.33. The van der Waals surface area contributed by atoms with Crippen LogP contribution >= 0.6 is 22.6 Å². The third kappa shape index (κ3) is 3.34. The highest BCUT2D eigenvalue weighted by Gasteiger charge is 2.45. The van der Waals surface area contributed by atoms with Crippen LogP contribution in [0.4, 0.5) is 0 Å². The minimum atomic E-state index is -0.162. The maximum atomic E-state index is 12.1. The Hall–Kier alpha value is -1.42. The molecule has 0 N–H and O–H groups in total. The molecule has 126 valence electrons. The molecule has 2 fully saturated rings. The lowest BCUT2D eigenvalue weighted by molar-refractivity contribution is -0.113.